The molecule has 0 spiro atoms. The quantitative estimate of drug-likeness (QED) is 0.297. The fraction of sp³-hybridized carbons (Fsp3) is 0.458. The Labute approximate surface area is 208 Å². The first-order valence-electron chi connectivity index (χ1n) is 10.7. The Morgan fingerprint density at radius 3 is 2.34 bits per heavy atom. The molecule has 1 unspecified atom stereocenters. The average molecular weight is 554 g/mol. The molecule has 2 aromatic rings. The third-order valence-corrected chi connectivity index (χ3v) is 5.48. The van der Waals surface area contributed by atoms with Crippen molar-refractivity contribution < 1.29 is 14.2 Å². The SMILES string of the molecule is CN=C(NCc1cc(C)cc(OC)c1)NCC(c1ccc(OC)cc1)N1CCOCC1.I. The molecule has 1 saturated heterocycles. The maximum atomic E-state index is 5.56. The molecule has 0 radical (unpaired) electrons. The standard InChI is InChI=1S/C24H34N4O3.HI/c1-18-13-19(15-22(14-18)30-4)16-26-24(25-2)27-17-23(28-9-11-31-12-10-28)20-5-7-21(29-3)8-6-20;/h5-8,13-15,23H,9-12,16-17H2,1-4H3,(H2,25,26,27);1H. The highest BCUT2D eigenvalue weighted by molar-refractivity contribution is 14.0. The van der Waals surface area contributed by atoms with Crippen LogP contribution in [0.25, 0.3) is 0 Å². The van der Waals surface area contributed by atoms with Crippen molar-refractivity contribution >= 4 is 29.9 Å². The molecule has 0 amide bonds. The molecule has 1 fully saturated rings. The predicted octanol–water partition coefficient (Wildman–Crippen LogP) is 3.37. The summed E-state index contributed by atoms with van der Waals surface area (Å²) in [5.41, 5.74) is 3.57. The number of aliphatic imine (C=N–C) groups is 1. The Balaban J connectivity index is 0.00000363. The molecule has 1 atom stereocenters. The van der Waals surface area contributed by atoms with Crippen molar-refractivity contribution in [2.24, 2.45) is 4.99 Å². The van der Waals surface area contributed by atoms with Crippen LogP contribution in [0.1, 0.15) is 22.7 Å². The fourth-order valence-electron chi connectivity index (χ4n) is 3.82. The Hall–Kier alpha value is -2.04. The van der Waals surface area contributed by atoms with E-state index in [0.29, 0.717) is 6.54 Å². The number of ether oxygens (including phenoxy) is 3. The summed E-state index contributed by atoms with van der Waals surface area (Å²) in [6.45, 7) is 6.82. The molecule has 0 aliphatic carbocycles. The third kappa shape index (κ3) is 7.53. The van der Waals surface area contributed by atoms with Crippen molar-refractivity contribution in [1.82, 2.24) is 15.5 Å². The molecule has 0 saturated carbocycles. The second-order valence-corrected chi connectivity index (χ2v) is 7.60. The zero-order chi connectivity index (χ0) is 22.1. The van der Waals surface area contributed by atoms with E-state index in [1.807, 2.05) is 24.3 Å². The summed E-state index contributed by atoms with van der Waals surface area (Å²) in [6, 6.07) is 14.7. The summed E-state index contributed by atoms with van der Waals surface area (Å²) >= 11 is 0. The van der Waals surface area contributed by atoms with Crippen LogP contribution in [0.15, 0.2) is 47.5 Å². The molecule has 2 aromatic carbocycles. The minimum absolute atomic E-state index is 0. The highest BCUT2D eigenvalue weighted by Gasteiger charge is 2.23. The van der Waals surface area contributed by atoms with Crippen LogP contribution in [0.4, 0.5) is 0 Å². The summed E-state index contributed by atoms with van der Waals surface area (Å²) in [4.78, 5) is 6.86. The molecule has 1 heterocycles. The lowest BCUT2D eigenvalue weighted by atomic mass is 10.0. The van der Waals surface area contributed by atoms with Gasteiger partial charge in [0.15, 0.2) is 5.96 Å². The molecule has 1 aliphatic rings. The second kappa shape index (κ2) is 13.5. The molecule has 2 N–H and O–H groups in total. The fourth-order valence-corrected chi connectivity index (χ4v) is 3.82. The average Bonchev–Trinajstić information content (AvgIpc) is 2.81. The lowest BCUT2D eigenvalue weighted by Crippen LogP contribution is -2.46. The van der Waals surface area contributed by atoms with E-state index >= 15 is 0 Å². The normalized spacial score (nSPS) is 15.4. The Kier molecular flexibility index (Phi) is 11.1. The van der Waals surface area contributed by atoms with E-state index in [4.69, 9.17) is 14.2 Å². The van der Waals surface area contributed by atoms with Crippen molar-refractivity contribution in [2.75, 3.05) is 54.1 Å². The van der Waals surface area contributed by atoms with Gasteiger partial charge in [-0.25, -0.2) is 0 Å². The van der Waals surface area contributed by atoms with Crippen LogP contribution in [0.3, 0.4) is 0 Å². The van der Waals surface area contributed by atoms with Crippen LogP contribution in [0.2, 0.25) is 0 Å². The largest absolute Gasteiger partial charge is 0.497 e. The van der Waals surface area contributed by atoms with Gasteiger partial charge in [0, 0.05) is 33.2 Å². The summed E-state index contributed by atoms with van der Waals surface area (Å²) in [5.74, 6) is 2.50. The van der Waals surface area contributed by atoms with Crippen LogP contribution in [-0.2, 0) is 11.3 Å². The van der Waals surface area contributed by atoms with Crippen molar-refractivity contribution in [3.05, 3.63) is 59.2 Å². The van der Waals surface area contributed by atoms with E-state index in [1.54, 1.807) is 21.3 Å². The maximum absolute atomic E-state index is 5.56. The number of hydrogen-bond acceptors (Lipinski definition) is 5. The monoisotopic (exact) mass is 554 g/mol. The predicted molar refractivity (Wildman–Crippen MR) is 139 cm³/mol. The van der Waals surface area contributed by atoms with Gasteiger partial charge >= 0.3 is 0 Å². The zero-order valence-corrected chi connectivity index (χ0v) is 21.7. The van der Waals surface area contributed by atoms with Gasteiger partial charge in [-0.05, 0) is 47.9 Å². The smallest absolute Gasteiger partial charge is 0.191 e. The maximum Gasteiger partial charge on any atom is 0.191 e. The van der Waals surface area contributed by atoms with Crippen molar-refractivity contribution in [3.63, 3.8) is 0 Å². The number of halogens is 1. The molecule has 176 valence electrons. The van der Waals surface area contributed by atoms with Gasteiger partial charge in [-0.15, -0.1) is 24.0 Å². The van der Waals surface area contributed by atoms with E-state index in [2.05, 4.69) is 45.6 Å². The summed E-state index contributed by atoms with van der Waals surface area (Å²) < 4.78 is 16.3. The summed E-state index contributed by atoms with van der Waals surface area (Å²) in [5, 5.41) is 6.91. The molecular weight excluding hydrogens is 519 g/mol. The number of rotatable bonds is 8. The van der Waals surface area contributed by atoms with Gasteiger partial charge in [-0.3, -0.25) is 9.89 Å². The van der Waals surface area contributed by atoms with Crippen LogP contribution < -0.4 is 20.1 Å². The van der Waals surface area contributed by atoms with Gasteiger partial charge in [0.2, 0.25) is 0 Å². The highest BCUT2D eigenvalue weighted by atomic mass is 127. The van der Waals surface area contributed by atoms with E-state index < -0.39 is 0 Å². The number of guanidine groups is 1. The molecular formula is C24H35IN4O3. The first-order valence-corrected chi connectivity index (χ1v) is 10.7. The van der Waals surface area contributed by atoms with Crippen LogP contribution in [0.5, 0.6) is 11.5 Å². The molecule has 32 heavy (non-hydrogen) atoms. The summed E-state index contributed by atoms with van der Waals surface area (Å²) in [6.07, 6.45) is 0. The Bertz CT molecular complexity index is 855. The number of nitrogens with one attached hydrogen (secondary N) is 2. The number of aryl methyl sites for hydroxylation is 1. The van der Waals surface area contributed by atoms with Crippen molar-refractivity contribution in [3.8, 4) is 11.5 Å². The lowest BCUT2D eigenvalue weighted by molar-refractivity contribution is 0.0170. The number of hydrogen-bond donors (Lipinski definition) is 2. The van der Waals surface area contributed by atoms with Gasteiger partial charge in [0.25, 0.3) is 0 Å². The lowest BCUT2D eigenvalue weighted by Gasteiger charge is -2.35. The van der Waals surface area contributed by atoms with Gasteiger partial charge in [0.1, 0.15) is 11.5 Å². The molecule has 0 aromatic heterocycles. The van der Waals surface area contributed by atoms with E-state index in [1.165, 1.54) is 11.1 Å². The molecule has 7 nitrogen and oxygen atoms in total. The molecule has 1 aliphatic heterocycles. The van der Waals surface area contributed by atoms with E-state index in [-0.39, 0.29) is 30.0 Å². The molecule has 0 bridgehead atoms. The first-order chi connectivity index (χ1) is 15.1. The van der Waals surface area contributed by atoms with Gasteiger partial charge in [-0.2, -0.15) is 0 Å². The first kappa shape index (κ1) is 26.2. The zero-order valence-electron chi connectivity index (χ0n) is 19.4. The van der Waals surface area contributed by atoms with E-state index in [0.717, 1.165) is 55.9 Å². The topological polar surface area (TPSA) is 67.4 Å². The second-order valence-electron chi connectivity index (χ2n) is 7.60. The van der Waals surface area contributed by atoms with Crippen LogP contribution in [0, 0.1) is 6.92 Å². The van der Waals surface area contributed by atoms with Crippen LogP contribution >= 0.6 is 24.0 Å². The number of morpholine rings is 1. The van der Waals surface area contributed by atoms with Crippen molar-refractivity contribution in [2.45, 2.75) is 19.5 Å². The summed E-state index contributed by atoms with van der Waals surface area (Å²) in [7, 11) is 5.18. The molecule has 3 rings (SSSR count). The van der Waals surface area contributed by atoms with Gasteiger partial charge in [0.05, 0.1) is 33.5 Å². The Morgan fingerprint density at radius 1 is 1.03 bits per heavy atom. The molecule has 8 heteroatoms. The number of benzene rings is 2. The Morgan fingerprint density at radius 2 is 1.72 bits per heavy atom. The number of methoxy groups -OCH3 is 2. The van der Waals surface area contributed by atoms with E-state index in [9.17, 15) is 0 Å². The van der Waals surface area contributed by atoms with Gasteiger partial charge in [-0.1, -0.05) is 18.2 Å². The number of nitrogens with zero attached hydrogens (tertiary/aromatic N) is 2. The van der Waals surface area contributed by atoms with Crippen LogP contribution in [-0.4, -0.2) is 65.0 Å². The van der Waals surface area contributed by atoms with Gasteiger partial charge < -0.3 is 24.8 Å². The highest BCUT2D eigenvalue weighted by Crippen LogP contribution is 2.23. The minimum Gasteiger partial charge on any atom is -0.497 e. The van der Waals surface area contributed by atoms with Crippen molar-refractivity contribution in [1.29, 1.82) is 0 Å². The third-order valence-electron chi connectivity index (χ3n) is 5.48. The minimum atomic E-state index is 0.